The van der Waals surface area contributed by atoms with Crippen LogP contribution in [0.2, 0.25) is 0 Å². The van der Waals surface area contributed by atoms with Crippen LogP contribution in [0.3, 0.4) is 0 Å². The maximum absolute atomic E-state index is 11.0. The van der Waals surface area contributed by atoms with Gasteiger partial charge in [-0.2, -0.15) is 10.8 Å². The molecular weight excluding hydrogens is 318 g/mol. The highest BCUT2D eigenvalue weighted by Gasteiger charge is 2.30. The molecule has 3 aromatic rings. The molecule has 0 aliphatic rings. The first-order valence-corrected chi connectivity index (χ1v) is 7.75. The number of nitrogens with two attached hydrogens (primary N) is 1. The van der Waals surface area contributed by atoms with E-state index in [1.165, 1.54) is 0 Å². The van der Waals surface area contributed by atoms with E-state index >= 15 is 0 Å². The van der Waals surface area contributed by atoms with Gasteiger partial charge in [0.15, 0.2) is 0 Å². The number of quaternary nitrogens is 1. The molecule has 2 N–H and O–H groups in total. The van der Waals surface area contributed by atoms with Gasteiger partial charge in [0.1, 0.15) is 22.8 Å². The Labute approximate surface area is 146 Å². The van der Waals surface area contributed by atoms with Crippen LogP contribution in [0.5, 0.6) is 5.75 Å². The summed E-state index contributed by atoms with van der Waals surface area (Å²) in [5.74, 6) is 5.09. The molecule has 0 aromatic heterocycles. The third kappa shape index (κ3) is 3.53. The highest BCUT2D eigenvalue weighted by Crippen LogP contribution is 2.41. The Morgan fingerprint density at radius 2 is 1.20 bits per heavy atom. The summed E-state index contributed by atoms with van der Waals surface area (Å²) in [7, 11) is 2.11. The molecule has 0 unspecified atom stereocenters. The van der Waals surface area contributed by atoms with Gasteiger partial charge in [0.2, 0.25) is 0 Å². The highest BCUT2D eigenvalue weighted by atomic mass is 17.1. The van der Waals surface area contributed by atoms with Crippen LogP contribution in [0, 0.1) is 5.21 Å². The van der Waals surface area contributed by atoms with Gasteiger partial charge in [0.25, 0.3) is 0 Å². The molecule has 128 valence electrons. The topological polar surface area (TPSA) is 70.8 Å². The number of benzene rings is 3. The summed E-state index contributed by atoms with van der Waals surface area (Å²) < 4.78 is 0.469. The molecule has 0 amide bonds. The number of hydrogen-bond donors (Lipinski definition) is 1. The van der Waals surface area contributed by atoms with Gasteiger partial charge < -0.3 is 10.0 Å². The zero-order valence-electron chi connectivity index (χ0n) is 13.8. The molecule has 0 bridgehead atoms. The molecule has 6 heteroatoms. The van der Waals surface area contributed by atoms with E-state index in [4.69, 9.17) is 10.7 Å². The predicted octanol–water partition coefficient (Wildman–Crippen LogP) is 4.19. The summed E-state index contributed by atoms with van der Waals surface area (Å²) in [6.07, 6.45) is 0. The number of nitrogens with zero attached hydrogens (tertiary/aromatic N) is 2. The van der Waals surface area contributed by atoms with E-state index in [1.54, 1.807) is 12.1 Å². The monoisotopic (exact) mass is 337 g/mol. The quantitative estimate of drug-likeness (QED) is 0.539. The van der Waals surface area contributed by atoms with Gasteiger partial charge in [-0.05, 0) is 36.4 Å². The van der Waals surface area contributed by atoms with Crippen molar-refractivity contribution in [2.45, 2.75) is 0 Å². The van der Waals surface area contributed by atoms with E-state index in [9.17, 15) is 5.21 Å². The minimum atomic E-state index is -0.155. The molecule has 6 nitrogen and oxygen atoms in total. The highest BCUT2D eigenvalue weighted by molar-refractivity contribution is 5.70. The van der Waals surface area contributed by atoms with Gasteiger partial charge in [-0.3, -0.25) is 0 Å². The SMILES string of the molecule is C[N+](c1ccccc1)(c1ccccc1)c1ccc(ON([O-])ON)cc1. The van der Waals surface area contributed by atoms with E-state index < -0.39 is 0 Å². The standard InChI is InChI=1S/C19H19N3O3/c1-22(16-8-4-2-5-9-16,17-10-6-3-7-11-17)18-12-14-19(15-13-18)24-21(23)25-20/h2-15H,20H2,1H3. The van der Waals surface area contributed by atoms with E-state index in [-0.39, 0.29) is 5.39 Å². The first kappa shape index (κ1) is 17.1. The first-order chi connectivity index (χ1) is 12.1. The second-order valence-corrected chi connectivity index (χ2v) is 5.59. The number of para-hydroxylation sites is 2. The molecule has 0 saturated carbocycles. The molecule has 0 heterocycles. The van der Waals surface area contributed by atoms with Crippen molar-refractivity contribution in [1.82, 2.24) is 9.87 Å². The van der Waals surface area contributed by atoms with Crippen LogP contribution in [0.15, 0.2) is 84.9 Å². The summed E-state index contributed by atoms with van der Waals surface area (Å²) in [4.78, 5) is 8.81. The molecule has 0 aliphatic heterocycles. The maximum atomic E-state index is 11.0. The van der Waals surface area contributed by atoms with E-state index in [1.807, 2.05) is 48.5 Å². The normalized spacial score (nSPS) is 11.5. The Morgan fingerprint density at radius 3 is 1.64 bits per heavy atom. The number of hydrogen-bond acceptors (Lipinski definition) is 5. The zero-order valence-corrected chi connectivity index (χ0v) is 13.8. The Balaban J connectivity index is 2.04. The smallest absolute Gasteiger partial charge is 0.149 e. The average molecular weight is 337 g/mol. The fourth-order valence-electron chi connectivity index (χ4n) is 2.81. The lowest BCUT2D eigenvalue weighted by Crippen LogP contribution is -2.33. The van der Waals surface area contributed by atoms with E-state index in [0.717, 1.165) is 17.1 Å². The average Bonchev–Trinajstić information content (AvgIpc) is 2.69. The molecule has 0 fully saturated rings. The van der Waals surface area contributed by atoms with Gasteiger partial charge in [0, 0.05) is 12.1 Å². The van der Waals surface area contributed by atoms with Gasteiger partial charge >= 0.3 is 0 Å². The summed E-state index contributed by atoms with van der Waals surface area (Å²) in [5, 5.41) is 10.9. The second kappa shape index (κ2) is 7.43. The fourth-order valence-corrected chi connectivity index (χ4v) is 2.81. The van der Waals surface area contributed by atoms with Crippen molar-refractivity contribution in [3.8, 4) is 5.75 Å². The minimum Gasteiger partial charge on any atom is -0.726 e. The van der Waals surface area contributed by atoms with Crippen LogP contribution in [0.1, 0.15) is 0 Å². The summed E-state index contributed by atoms with van der Waals surface area (Å²) >= 11 is 0. The Kier molecular flexibility index (Phi) is 5.08. The maximum Gasteiger partial charge on any atom is 0.149 e. The minimum absolute atomic E-state index is 0.155. The summed E-state index contributed by atoms with van der Waals surface area (Å²) in [6.45, 7) is 0. The Morgan fingerprint density at radius 1 is 0.760 bits per heavy atom. The third-order valence-corrected chi connectivity index (χ3v) is 4.16. The molecule has 3 aromatic carbocycles. The Bertz CT molecular complexity index is 756. The summed E-state index contributed by atoms with van der Waals surface area (Å²) in [6, 6.07) is 27.6. The van der Waals surface area contributed by atoms with Crippen molar-refractivity contribution in [1.29, 1.82) is 0 Å². The molecule has 0 atom stereocenters. The first-order valence-electron chi connectivity index (χ1n) is 7.75. The van der Waals surface area contributed by atoms with Crippen molar-refractivity contribution in [3.05, 3.63) is 90.1 Å². The second-order valence-electron chi connectivity index (χ2n) is 5.59. The van der Waals surface area contributed by atoms with Crippen molar-refractivity contribution >= 4 is 17.1 Å². The van der Waals surface area contributed by atoms with Gasteiger partial charge in [0.05, 0.1) is 7.05 Å². The zero-order chi connectivity index (χ0) is 17.7. The van der Waals surface area contributed by atoms with Crippen LogP contribution in [-0.2, 0) is 4.94 Å². The lowest BCUT2D eigenvalue weighted by molar-refractivity contribution is -0.286. The molecule has 3 rings (SSSR count). The van der Waals surface area contributed by atoms with Crippen molar-refractivity contribution in [3.63, 3.8) is 0 Å². The van der Waals surface area contributed by atoms with Crippen LogP contribution >= 0.6 is 0 Å². The van der Waals surface area contributed by atoms with Crippen molar-refractivity contribution in [2.75, 3.05) is 7.05 Å². The molecular formula is C19H19N3O3. The lowest BCUT2D eigenvalue weighted by atomic mass is 10.1. The van der Waals surface area contributed by atoms with Crippen LogP contribution in [-0.4, -0.2) is 12.4 Å². The lowest BCUT2D eigenvalue weighted by Gasteiger charge is -2.33. The number of rotatable bonds is 6. The molecule has 0 saturated heterocycles. The molecule has 0 aliphatic carbocycles. The predicted molar refractivity (Wildman–Crippen MR) is 97.5 cm³/mol. The van der Waals surface area contributed by atoms with Crippen LogP contribution in [0.4, 0.5) is 17.1 Å². The molecule has 0 spiro atoms. The molecule has 0 radical (unpaired) electrons. The van der Waals surface area contributed by atoms with E-state index in [0.29, 0.717) is 10.2 Å². The van der Waals surface area contributed by atoms with Crippen molar-refractivity contribution in [2.24, 2.45) is 5.90 Å². The summed E-state index contributed by atoms with van der Waals surface area (Å²) in [5.41, 5.74) is 3.23. The van der Waals surface area contributed by atoms with Gasteiger partial charge in [-0.25, -0.2) is 4.48 Å². The molecule has 25 heavy (non-hydrogen) atoms. The van der Waals surface area contributed by atoms with Crippen LogP contribution < -0.4 is 15.2 Å². The van der Waals surface area contributed by atoms with Crippen molar-refractivity contribution < 1.29 is 9.78 Å². The third-order valence-electron chi connectivity index (χ3n) is 4.16. The van der Waals surface area contributed by atoms with Gasteiger partial charge in [-0.1, -0.05) is 41.8 Å². The Hall–Kier alpha value is -2.74. The van der Waals surface area contributed by atoms with E-state index in [2.05, 4.69) is 36.3 Å². The van der Waals surface area contributed by atoms with Gasteiger partial charge in [-0.15, -0.1) is 0 Å². The van der Waals surface area contributed by atoms with Crippen LogP contribution in [0.25, 0.3) is 0 Å². The fraction of sp³-hybridized carbons (Fsp3) is 0.0526. The largest absolute Gasteiger partial charge is 0.726 e.